The van der Waals surface area contributed by atoms with Crippen LogP contribution in [0.4, 0.5) is 0 Å². The van der Waals surface area contributed by atoms with E-state index in [4.69, 9.17) is 0 Å². The molecule has 1 aromatic heterocycles. The Morgan fingerprint density at radius 1 is 1.35 bits per heavy atom. The van der Waals surface area contributed by atoms with Crippen LogP contribution in [0.15, 0.2) is 30.5 Å². The lowest BCUT2D eigenvalue weighted by molar-refractivity contribution is 0.112. The van der Waals surface area contributed by atoms with Crippen LogP contribution in [0.3, 0.4) is 0 Å². The Balaban J connectivity index is 2.03. The van der Waals surface area contributed by atoms with Crippen LogP contribution < -0.4 is 0 Å². The molecule has 0 atom stereocenters. The molecule has 0 N–H and O–H groups in total. The summed E-state index contributed by atoms with van der Waals surface area (Å²) in [5, 5.41) is 4.58. The van der Waals surface area contributed by atoms with Crippen molar-refractivity contribution < 1.29 is 4.79 Å². The van der Waals surface area contributed by atoms with Gasteiger partial charge in [0.05, 0.1) is 11.4 Å². The molecule has 86 valence electrons. The van der Waals surface area contributed by atoms with Gasteiger partial charge < -0.3 is 0 Å². The van der Waals surface area contributed by atoms with Crippen molar-refractivity contribution in [3.05, 3.63) is 47.3 Å². The molecule has 1 aliphatic rings. The number of aldehydes is 1. The Hall–Kier alpha value is -1.90. The zero-order valence-corrected chi connectivity index (χ0v) is 9.76. The van der Waals surface area contributed by atoms with E-state index in [2.05, 4.69) is 11.2 Å². The van der Waals surface area contributed by atoms with E-state index >= 15 is 0 Å². The van der Waals surface area contributed by atoms with Crippen LogP contribution in [0.5, 0.6) is 0 Å². The second kappa shape index (κ2) is 3.84. The average molecular weight is 226 g/mol. The third-order valence-electron chi connectivity index (χ3n) is 3.22. The van der Waals surface area contributed by atoms with Gasteiger partial charge in [0.25, 0.3) is 0 Å². The van der Waals surface area contributed by atoms with Crippen molar-refractivity contribution >= 4 is 6.29 Å². The molecule has 17 heavy (non-hydrogen) atoms. The summed E-state index contributed by atoms with van der Waals surface area (Å²) in [5.41, 5.74) is 3.97. The van der Waals surface area contributed by atoms with Crippen molar-refractivity contribution in [3.63, 3.8) is 0 Å². The Labute approximate surface area is 100 Å². The summed E-state index contributed by atoms with van der Waals surface area (Å²) < 4.78 is 1.87. The summed E-state index contributed by atoms with van der Waals surface area (Å²) in [6.45, 7) is 2.03. The molecule has 1 heterocycles. The van der Waals surface area contributed by atoms with Crippen molar-refractivity contribution in [2.24, 2.45) is 0 Å². The summed E-state index contributed by atoms with van der Waals surface area (Å²) >= 11 is 0. The van der Waals surface area contributed by atoms with Crippen LogP contribution in [0.25, 0.3) is 5.69 Å². The zero-order chi connectivity index (χ0) is 11.8. The van der Waals surface area contributed by atoms with Gasteiger partial charge in [0.2, 0.25) is 0 Å². The lowest BCUT2D eigenvalue weighted by atomic mass is 10.1. The van der Waals surface area contributed by atoms with Crippen LogP contribution in [0.1, 0.15) is 40.4 Å². The molecule has 3 nitrogen and oxygen atoms in total. The monoisotopic (exact) mass is 226 g/mol. The first-order valence-electron chi connectivity index (χ1n) is 5.90. The highest BCUT2D eigenvalue weighted by molar-refractivity contribution is 5.76. The van der Waals surface area contributed by atoms with Gasteiger partial charge in [0.15, 0.2) is 0 Å². The van der Waals surface area contributed by atoms with Gasteiger partial charge in [-0.2, -0.15) is 5.10 Å². The third kappa shape index (κ3) is 1.88. The van der Waals surface area contributed by atoms with Gasteiger partial charge in [0.1, 0.15) is 6.29 Å². The number of carbonyl (C=O) groups is 1. The van der Waals surface area contributed by atoms with Crippen LogP contribution in [-0.4, -0.2) is 16.1 Å². The summed E-state index contributed by atoms with van der Waals surface area (Å²) in [7, 11) is 0. The molecule has 3 rings (SSSR count). The van der Waals surface area contributed by atoms with E-state index < -0.39 is 0 Å². The molecule has 0 radical (unpaired) electrons. The Bertz CT molecular complexity index is 567. The molecule has 1 aromatic carbocycles. The Morgan fingerprint density at radius 2 is 2.18 bits per heavy atom. The number of aromatic nitrogens is 2. The molecule has 0 spiro atoms. The Morgan fingerprint density at radius 3 is 2.88 bits per heavy atom. The molecular weight excluding hydrogens is 212 g/mol. The first kappa shape index (κ1) is 10.3. The van der Waals surface area contributed by atoms with Crippen LogP contribution in [-0.2, 0) is 0 Å². The maximum absolute atomic E-state index is 10.8. The molecule has 0 unspecified atom stereocenters. The molecule has 0 aliphatic heterocycles. The number of aryl methyl sites for hydroxylation is 1. The van der Waals surface area contributed by atoms with Crippen LogP contribution >= 0.6 is 0 Å². The largest absolute Gasteiger partial charge is 0.298 e. The normalized spacial score (nSPS) is 14.9. The number of nitrogens with zero attached hydrogens (tertiary/aromatic N) is 2. The minimum atomic E-state index is 0.658. The van der Waals surface area contributed by atoms with Crippen molar-refractivity contribution in [2.75, 3.05) is 0 Å². The maximum atomic E-state index is 10.8. The molecule has 1 saturated carbocycles. The van der Waals surface area contributed by atoms with Gasteiger partial charge in [-0.1, -0.05) is 12.1 Å². The summed E-state index contributed by atoms with van der Waals surface area (Å²) in [4.78, 5) is 10.8. The maximum Gasteiger partial charge on any atom is 0.150 e. The number of hydrogen-bond acceptors (Lipinski definition) is 2. The predicted molar refractivity (Wildman–Crippen MR) is 65.7 cm³/mol. The summed E-state index contributed by atoms with van der Waals surface area (Å²) in [5.74, 6) is 0.658. The second-order valence-electron chi connectivity index (χ2n) is 4.62. The average Bonchev–Trinajstić information content (AvgIpc) is 3.09. The van der Waals surface area contributed by atoms with Crippen LogP contribution in [0, 0.1) is 6.92 Å². The fourth-order valence-electron chi connectivity index (χ4n) is 2.02. The van der Waals surface area contributed by atoms with E-state index in [1.807, 2.05) is 36.0 Å². The Kier molecular flexibility index (Phi) is 2.32. The van der Waals surface area contributed by atoms with Gasteiger partial charge in [-0.15, -0.1) is 0 Å². The molecule has 1 fully saturated rings. The van der Waals surface area contributed by atoms with Gasteiger partial charge >= 0.3 is 0 Å². The minimum absolute atomic E-state index is 0.658. The highest BCUT2D eigenvalue weighted by Gasteiger charge is 2.25. The van der Waals surface area contributed by atoms with Crippen molar-refractivity contribution in [3.8, 4) is 5.69 Å². The number of rotatable bonds is 3. The standard InChI is InChI=1S/C14H14N2O/c1-10-2-3-11(9-17)8-14(10)16-7-6-13(15-16)12-4-5-12/h2-3,6-9,12H,4-5H2,1H3. The van der Waals surface area contributed by atoms with Gasteiger partial charge in [0, 0.05) is 17.7 Å². The fraction of sp³-hybridized carbons (Fsp3) is 0.286. The highest BCUT2D eigenvalue weighted by Crippen LogP contribution is 2.39. The van der Waals surface area contributed by atoms with E-state index in [1.165, 1.54) is 18.5 Å². The second-order valence-corrected chi connectivity index (χ2v) is 4.62. The van der Waals surface area contributed by atoms with Gasteiger partial charge in [-0.05, 0) is 37.5 Å². The molecular formula is C14H14N2O. The molecule has 0 bridgehead atoms. The molecule has 0 amide bonds. The van der Waals surface area contributed by atoms with Crippen LogP contribution in [0.2, 0.25) is 0 Å². The van der Waals surface area contributed by atoms with Gasteiger partial charge in [-0.3, -0.25) is 4.79 Å². The summed E-state index contributed by atoms with van der Waals surface area (Å²) in [6, 6.07) is 7.74. The van der Waals surface area contributed by atoms with Gasteiger partial charge in [-0.25, -0.2) is 4.68 Å². The third-order valence-corrected chi connectivity index (χ3v) is 3.22. The quantitative estimate of drug-likeness (QED) is 0.754. The summed E-state index contributed by atoms with van der Waals surface area (Å²) in [6.07, 6.45) is 5.35. The number of benzene rings is 1. The molecule has 0 saturated heterocycles. The number of carbonyl (C=O) groups excluding carboxylic acids is 1. The first-order valence-corrected chi connectivity index (χ1v) is 5.90. The fourth-order valence-corrected chi connectivity index (χ4v) is 2.02. The van der Waals surface area contributed by atoms with Crippen molar-refractivity contribution in [1.82, 2.24) is 9.78 Å². The molecule has 1 aliphatic carbocycles. The van der Waals surface area contributed by atoms with E-state index in [1.54, 1.807) is 0 Å². The number of hydrogen-bond donors (Lipinski definition) is 0. The molecule has 2 aromatic rings. The van der Waals surface area contributed by atoms with E-state index in [9.17, 15) is 4.79 Å². The highest BCUT2D eigenvalue weighted by atomic mass is 16.1. The van der Waals surface area contributed by atoms with E-state index in [0.29, 0.717) is 11.5 Å². The molecule has 3 heteroatoms. The minimum Gasteiger partial charge on any atom is -0.298 e. The van der Waals surface area contributed by atoms with E-state index in [0.717, 1.165) is 17.5 Å². The van der Waals surface area contributed by atoms with E-state index in [-0.39, 0.29) is 0 Å². The topological polar surface area (TPSA) is 34.9 Å². The lowest BCUT2D eigenvalue weighted by Crippen LogP contribution is -1.99. The SMILES string of the molecule is Cc1ccc(C=O)cc1-n1ccc(C2CC2)n1. The van der Waals surface area contributed by atoms with Crippen molar-refractivity contribution in [2.45, 2.75) is 25.7 Å². The first-order chi connectivity index (χ1) is 8.28. The zero-order valence-electron chi connectivity index (χ0n) is 9.76. The lowest BCUT2D eigenvalue weighted by Gasteiger charge is -2.06. The van der Waals surface area contributed by atoms with Crippen molar-refractivity contribution in [1.29, 1.82) is 0 Å². The predicted octanol–water partition coefficient (Wildman–Crippen LogP) is 2.87. The smallest absolute Gasteiger partial charge is 0.150 e.